The first-order valence-corrected chi connectivity index (χ1v) is 9.23. The molecule has 1 aromatic heterocycles. The normalized spacial score (nSPS) is 15.8. The maximum absolute atomic E-state index is 12.2. The number of hydrogen-bond donors (Lipinski definition) is 4. The zero-order chi connectivity index (χ0) is 20.6. The minimum atomic E-state index is -4.37. The van der Waals surface area contributed by atoms with Crippen LogP contribution in [0.1, 0.15) is 44.3 Å². The van der Waals surface area contributed by atoms with E-state index < -0.39 is 12.8 Å². The van der Waals surface area contributed by atoms with E-state index in [0.717, 1.165) is 31.4 Å². The lowest BCUT2D eigenvalue weighted by Gasteiger charge is -2.17. The van der Waals surface area contributed by atoms with Crippen LogP contribution in [0.2, 0.25) is 0 Å². The predicted octanol–water partition coefficient (Wildman–Crippen LogP) is 2.22. The molecule has 28 heavy (non-hydrogen) atoms. The molecular formula is C17H26F3N5O3. The van der Waals surface area contributed by atoms with E-state index in [1.807, 2.05) is 6.92 Å². The van der Waals surface area contributed by atoms with Gasteiger partial charge in [-0.15, -0.1) is 0 Å². The van der Waals surface area contributed by atoms with Crippen molar-refractivity contribution in [2.24, 2.45) is 0 Å². The lowest BCUT2D eigenvalue weighted by molar-refractivity contribution is -0.153. The zero-order valence-corrected chi connectivity index (χ0v) is 15.7. The van der Waals surface area contributed by atoms with Gasteiger partial charge in [-0.2, -0.15) is 13.2 Å². The van der Waals surface area contributed by atoms with Crippen molar-refractivity contribution in [1.29, 1.82) is 0 Å². The fraction of sp³-hybridized carbons (Fsp3) is 0.647. The van der Waals surface area contributed by atoms with E-state index in [9.17, 15) is 22.8 Å². The molecule has 0 bridgehead atoms. The number of carbonyl (C=O) groups is 2. The molecule has 8 nitrogen and oxygen atoms in total. The highest BCUT2D eigenvalue weighted by Crippen LogP contribution is 2.23. The Hall–Kier alpha value is -2.27. The lowest BCUT2D eigenvalue weighted by Crippen LogP contribution is -2.36. The van der Waals surface area contributed by atoms with Crippen molar-refractivity contribution >= 4 is 11.9 Å². The highest BCUT2D eigenvalue weighted by Gasteiger charge is 2.28. The molecule has 2 heterocycles. The second-order valence-electron chi connectivity index (χ2n) is 6.56. The van der Waals surface area contributed by atoms with Gasteiger partial charge < -0.3 is 14.6 Å². The first kappa shape index (κ1) is 22.0. The van der Waals surface area contributed by atoms with Crippen molar-refractivity contribution in [3.8, 4) is 5.75 Å². The quantitative estimate of drug-likeness (QED) is 0.243. The third kappa shape index (κ3) is 7.39. The molecular weight excluding hydrogens is 379 g/mol. The Bertz CT molecular complexity index is 650. The fourth-order valence-electron chi connectivity index (χ4n) is 2.79. The number of urea groups is 1. The van der Waals surface area contributed by atoms with Gasteiger partial charge in [0.1, 0.15) is 12.3 Å². The maximum atomic E-state index is 12.2. The summed E-state index contributed by atoms with van der Waals surface area (Å²) in [5, 5.41) is 2.24. The third-order valence-electron chi connectivity index (χ3n) is 4.24. The number of hydrazine groups is 1. The molecule has 0 aromatic carbocycles. The first-order valence-electron chi connectivity index (χ1n) is 9.23. The van der Waals surface area contributed by atoms with E-state index in [-0.39, 0.29) is 30.3 Å². The van der Waals surface area contributed by atoms with Crippen LogP contribution in [0.4, 0.5) is 18.0 Å². The molecule has 4 N–H and O–H groups in total. The summed E-state index contributed by atoms with van der Waals surface area (Å²) in [6, 6.07) is 1.12. The SMILES string of the molecule is CCC(NNCCCCCN1CC(=O)NC1=O)c1cc(OCC(F)(F)F)c[nH]1. The van der Waals surface area contributed by atoms with Crippen LogP contribution in [0, 0.1) is 0 Å². The summed E-state index contributed by atoms with van der Waals surface area (Å²) in [6.07, 6.45) is 0.333. The number of imide groups is 1. The Kier molecular flexibility index (Phi) is 8.12. The van der Waals surface area contributed by atoms with Gasteiger partial charge in [0.15, 0.2) is 6.61 Å². The molecule has 11 heteroatoms. The largest absolute Gasteiger partial charge is 0.483 e. The number of H-pyrrole nitrogens is 1. The van der Waals surface area contributed by atoms with Gasteiger partial charge in [0.05, 0.1) is 6.04 Å². The molecule has 0 aliphatic carbocycles. The monoisotopic (exact) mass is 405 g/mol. The van der Waals surface area contributed by atoms with Crippen LogP contribution in [0.15, 0.2) is 12.3 Å². The van der Waals surface area contributed by atoms with Gasteiger partial charge in [-0.25, -0.2) is 10.2 Å². The molecule has 1 aliphatic heterocycles. The molecule has 1 aliphatic rings. The smallest absolute Gasteiger partial charge is 0.422 e. The number of halogens is 3. The number of amides is 3. The van der Waals surface area contributed by atoms with E-state index in [1.54, 1.807) is 6.07 Å². The van der Waals surface area contributed by atoms with Gasteiger partial charge >= 0.3 is 12.2 Å². The third-order valence-corrected chi connectivity index (χ3v) is 4.24. The average molecular weight is 405 g/mol. The zero-order valence-electron chi connectivity index (χ0n) is 15.7. The number of nitrogens with one attached hydrogen (secondary N) is 4. The van der Waals surface area contributed by atoms with Crippen LogP contribution in [0.3, 0.4) is 0 Å². The van der Waals surface area contributed by atoms with Crippen molar-refractivity contribution in [1.82, 2.24) is 26.1 Å². The van der Waals surface area contributed by atoms with Crippen molar-refractivity contribution < 1.29 is 27.5 Å². The topological polar surface area (TPSA) is 98.5 Å². The lowest BCUT2D eigenvalue weighted by atomic mass is 10.2. The van der Waals surface area contributed by atoms with Crippen LogP contribution in [0.5, 0.6) is 5.75 Å². The van der Waals surface area contributed by atoms with Gasteiger partial charge in [-0.05, 0) is 19.3 Å². The summed E-state index contributed by atoms with van der Waals surface area (Å²) in [5.41, 5.74) is 6.98. The van der Waals surface area contributed by atoms with Gasteiger partial charge in [-0.3, -0.25) is 15.5 Å². The number of hydrogen-bond acceptors (Lipinski definition) is 5. The van der Waals surface area contributed by atoms with Gasteiger partial charge in [0, 0.05) is 31.0 Å². The molecule has 1 saturated heterocycles. The molecule has 1 unspecified atom stereocenters. The fourth-order valence-corrected chi connectivity index (χ4v) is 2.79. The first-order chi connectivity index (χ1) is 13.3. The number of carbonyl (C=O) groups excluding carboxylic acids is 2. The van der Waals surface area contributed by atoms with Gasteiger partial charge in [-0.1, -0.05) is 13.3 Å². The summed E-state index contributed by atoms with van der Waals surface area (Å²) >= 11 is 0. The Morgan fingerprint density at radius 1 is 1.29 bits per heavy atom. The Balaban J connectivity index is 1.60. The molecule has 1 atom stereocenters. The number of aromatic nitrogens is 1. The molecule has 158 valence electrons. The molecule has 0 radical (unpaired) electrons. The van der Waals surface area contributed by atoms with Crippen molar-refractivity contribution in [3.63, 3.8) is 0 Å². The predicted molar refractivity (Wildman–Crippen MR) is 95.5 cm³/mol. The molecule has 1 fully saturated rings. The van der Waals surface area contributed by atoms with Crippen LogP contribution in [-0.4, -0.2) is 54.2 Å². The van der Waals surface area contributed by atoms with Gasteiger partial charge in [0.2, 0.25) is 5.91 Å². The van der Waals surface area contributed by atoms with Crippen LogP contribution < -0.4 is 20.9 Å². The van der Waals surface area contributed by atoms with Crippen molar-refractivity contribution in [2.45, 2.75) is 44.8 Å². The van der Waals surface area contributed by atoms with E-state index >= 15 is 0 Å². The average Bonchev–Trinajstić information content (AvgIpc) is 3.21. The van der Waals surface area contributed by atoms with Crippen LogP contribution in [0.25, 0.3) is 0 Å². The summed E-state index contributed by atoms with van der Waals surface area (Å²) in [6.45, 7) is 2.01. The van der Waals surface area contributed by atoms with Crippen molar-refractivity contribution in [3.05, 3.63) is 18.0 Å². The minimum Gasteiger partial charge on any atom is -0.483 e. The van der Waals surface area contributed by atoms with E-state index in [2.05, 4.69) is 21.2 Å². The molecule has 0 saturated carbocycles. The second kappa shape index (κ2) is 10.3. The van der Waals surface area contributed by atoms with Crippen LogP contribution in [-0.2, 0) is 4.79 Å². The second-order valence-corrected chi connectivity index (χ2v) is 6.56. The van der Waals surface area contributed by atoms with E-state index in [0.29, 0.717) is 13.1 Å². The van der Waals surface area contributed by atoms with E-state index in [4.69, 9.17) is 4.74 Å². The minimum absolute atomic E-state index is 0.0949. The van der Waals surface area contributed by atoms with E-state index in [1.165, 1.54) is 11.1 Å². The summed E-state index contributed by atoms with van der Waals surface area (Å²) in [5.74, 6) is -0.116. The Morgan fingerprint density at radius 2 is 2.07 bits per heavy atom. The molecule has 3 amide bonds. The number of unbranched alkanes of at least 4 members (excludes halogenated alkanes) is 2. The number of aromatic amines is 1. The standard InChI is InChI=1S/C17H26F3N5O3/c1-2-13(14-8-12(9-21-14)28-11-17(18,19)20)24-22-6-4-3-5-7-25-10-15(26)23-16(25)27/h8-9,13,21-22,24H,2-7,10-11H2,1H3,(H,23,26,27). The summed E-state index contributed by atoms with van der Waals surface area (Å²) in [7, 11) is 0. The summed E-state index contributed by atoms with van der Waals surface area (Å²) < 4.78 is 41.3. The highest BCUT2D eigenvalue weighted by molar-refractivity contribution is 6.01. The number of nitrogens with zero attached hydrogens (tertiary/aromatic N) is 1. The maximum Gasteiger partial charge on any atom is 0.422 e. The number of ether oxygens (including phenoxy) is 1. The summed E-state index contributed by atoms with van der Waals surface area (Å²) in [4.78, 5) is 26.9. The number of alkyl halides is 3. The molecule has 2 rings (SSSR count). The van der Waals surface area contributed by atoms with Gasteiger partial charge in [0.25, 0.3) is 0 Å². The molecule has 0 spiro atoms. The van der Waals surface area contributed by atoms with Crippen molar-refractivity contribution in [2.75, 3.05) is 26.2 Å². The number of rotatable bonds is 12. The highest BCUT2D eigenvalue weighted by atomic mass is 19.4. The Labute approximate surface area is 161 Å². The Morgan fingerprint density at radius 3 is 2.71 bits per heavy atom. The molecule has 1 aromatic rings. The van der Waals surface area contributed by atoms with Crippen LogP contribution >= 0.6 is 0 Å².